The molecular formula is C12H12N2S. The van der Waals surface area contributed by atoms with Gasteiger partial charge in [-0.15, -0.1) is 11.3 Å². The Labute approximate surface area is 93.3 Å². The second kappa shape index (κ2) is 4.84. The molecule has 2 nitrogen and oxygen atoms in total. The van der Waals surface area contributed by atoms with Gasteiger partial charge in [-0.05, 0) is 12.5 Å². The summed E-state index contributed by atoms with van der Waals surface area (Å²) in [6.45, 7) is 2.73. The maximum atomic E-state index is 4.39. The van der Waals surface area contributed by atoms with Crippen LogP contribution < -0.4 is 0 Å². The summed E-state index contributed by atoms with van der Waals surface area (Å²) < 4.78 is 0. The molecule has 0 bridgehead atoms. The van der Waals surface area contributed by atoms with E-state index in [-0.39, 0.29) is 0 Å². The summed E-state index contributed by atoms with van der Waals surface area (Å²) >= 11 is 1.62. The average Bonchev–Trinajstić information content (AvgIpc) is 2.66. The summed E-state index contributed by atoms with van der Waals surface area (Å²) in [5.74, 6) is 0. The van der Waals surface area contributed by atoms with Gasteiger partial charge in [0.25, 0.3) is 0 Å². The zero-order chi connectivity index (χ0) is 10.5. The molecule has 0 spiro atoms. The van der Waals surface area contributed by atoms with Gasteiger partial charge in [-0.2, -0.15) is 0 Å². The van der Waals surface area contributed by atoms with Gasteiger partial charge in [0.2, 0.25) is 0 Å². The normalized spacial score (nSPS) is 11.0. The summed E-state index contributed by atoms with van der Waals surface area (Å²) in [5.41, 5.74) is 4.13. The van der Waals surface area contributed by atoms with Crippen LogP contribution in [0.4, 0.5) is 0 Å². The average molecular weight is 216 g/mol. The third-order valence-electron chi connectivity index (χ3n) is 2.11. The van der Waals surface area contributed by atoms with Gasteiger partial charge in [-0.1, -0.05) is 30.3 Å². The number of aliphatic imine (C=N–C) groups is 1. The third-order valence-corrected chi connectivity index (χ3v) is 2.97. The minimum atomic E-state index is 0.734. The maximum Gasteiger partial charge on any atom is 0.0801 e. The van der Waals surface area contributed by atoms with Crippen molar-refractivity contribution in [2.75, 3.05) is 0 Å². The Balaban J connectivity index is 2.00. The van der Waals surface area contributed by atoms with Crippen molar-refractivity contribution in [1.82, 2.24) is 4.98 Å². The lowest BCUT2D eigenvalue weighted by atomic mass is 10.2. The second-order valence-corrected chi connectivity index (χ2v) is 4.14. The molecule has 0 aliphatic rings. The van der Waals surface area contributed by atoms with Gasteiger partial charge >= 0.3 is 0 Å². The zero-order valence-electron chi connectivity index (χ0n) is 8.55. The van der Waals surface area contributed by atoms with Crippen molar-refractivity contribution in [3.63, 3.8) is 0 Å². The number of benzene rings is 1. The molecule has 2 aromatic rings. The molecule has 0 fully saturated rings. The minimum absolute atomic E-state index is 0.734. The molecule has 3 heteroatoms. The van der Waals surface area contributed by atoms with Crippen LogP contribution in [0.3, 0.4) is 0 Å². The van der Waals surface area contributed by atoms with Crippen LogP contribution in [0.1, 0.15) is 16.1 Å². The molecule has 0 saturated carbocycles. The Kier molecular flexibility index (Phi) is 3.25. The number of hydrogen-bond acceptors (Lipinski definition) is 3. The monoisotopic (exact) mass is 216 g/mol. The Morgan fingerprint density at radius 2 is 2.13 bits per heavy atom. The molecule has 1 heterocycles. The summed E-state index contributed by atoms with van der Waals surface area (Å²) in [5, 5.41) is 0. The second-order valence-electron chi connectivity index (χ2n) is 3.26. The molecular weight excluding hydrogens is 204 g/mol. The van der Waals surface area contributed by atoms with Gasteiger partial charge in [-0.3, -0.25) is 4.99 Å². The molecule has 0 atom stereocenters. The zero-order valence-corrected chi connectivity index (χ0v) is 9.37. The van der Waals surface area contributed by atoms with Gasteiger partial charge in [0.05, 0.1) is 22.6 Å². The van der Waals surface area contributed by atoms with Gasteiger partial charge < -0.3 is 0 Å². The largest absolute Gasteiger partial charge is 0.287 e. The number of thiazole rings is 1. The van der Waals surface area contributed by atoms with Crippen molar-refractivity contribution >= 4 is 17.6 Å². The van der Waals surface area contributed by atoms with E-state index in [9.17, 15) is 0 Å². The topological polar surface area (TPSA) is 25.2 Å². The fraction of sp³-hybridized carbons (Fsp3) is 0.167. The lowest BCUT2D eigenvalue weighted by molar-refractivity contribution is 1.08. The van der Waals surface area contributed by atoms with Crippen LogP contribution in [0.25, 0.3) is 0 Å². The fourth-order valence-corrected chi connectivity index (χ4v) is 1.94. The number of rotatable bonds is 3. The summed E-state index contributed by atoms with van der Waals surface area (Å²) in [6, 6.07) is 10.2. The van der Waals surface area contributed by atoms with Crippen molar-refractivity contribution < 1.29 is 0 Å². The van der Waals surface area contributed by atoms with Crippen molar-refractivity contribution in [3.8, 4) is 0 Å². The SMILES string of the molecule is Cc1ncsc1C=NCc1ccccc1. The van der Waals surface area contributed by atoms with Gasteiger partial charge in [-0.25, -0.2) is 4.98 Å². The molecule has 1 aromatic carbocycles. The Morgan fingerprint density at radius 3 is 2.80 bits per heavy atom. The third kappa shape index (κ3) is 2.73. The Bertz CT molecular complexity index is 446. The summed E-state index contributed by atoms with van der Waals surface area (Å²) in [6.07, 6.45) is 1.90. The highest BCUT2D eigenvalue weighted by Crippen LogP contribution is 2.09. The highest BCUT2D eigenvalue weighted by Gasteiger charge is 1.95. The van der Waals surface area contributed by atoms with Crippen molar-refractivity contribution in [2.45, 2.75) is 13.5 Å². The van der Waals surface area contributed by atoms with Crippen LogP contribution >= 0.6 is 11.3 Å². The van der Waals surface area contributed by atoms with E-state index in [0.717, 1.165) is 17.1 Å². The van der Waals surface area contributed by atoms with Gasteiger partial charge in [0.15, 0.2) is 0 Å². The summed E-state index contributed by atoms with van der Waals surface area (Å²) in [7, 11) is 0. The van der Waals surface area contributed by atoms with Crippen LogP contribution in [0.5, 0.6) is 0 Å². The summed E-state index contributed by atoms with van der Waals surface area (Å²) in [4.78, 5) is 9.70. The molecule has 0 saturated heterocycles. The van der Waals surface area contributed by atoms with Gasteiger partial charge in [0.1, 0.15) is 0 Å². The number of hydrogen-bond donors (Lipinski definition) is 0. The quantitative estimate of drug-likeness (QED) is 0.724. The first-order chi connectivity index (χ1) is 7.36. The van der Waals surface area contributed by atoms with E-state index >= 15 is 0 Å². The van der Waals surface area contributed by atoms with Crippen LogP contribution in [0.15, 0.2) is 40.8 Å². The fourth-order valence-electron chi connectivity index (χ4n) is 1.25. The van der Waals surface area contributed by atoms with Gasteiger partial charge in [0, 0.05) is 6.21 Å². The molecule has 15 heavy (non-hydrogen) atoms. The Morgan fingerprint density at radius 1 is 1.33 bits per heavy atom. The first-order valence-electron chi connectivity index (χ1n) is 4.80. The molecule has 0 amide bonds. The van der Waals surface area contributed by atoms with E-state index < -0.39 is 0 Å². The Hall–Kier alpha value is -1.48. The van der Waals surface area contributed by atoms with E-state index in [1.807, 2.05) is 36.8 Å². The highest BCUT2D eigenvalue weighted by molar-refractivity contribution is 7.11. The van der Waals surface area contributed by atoms with Crippen molar-refractivity contribution in [3.05, 3.63) is 52.0 Å². The molecule has 2 rings (SSSR count). The first kappa shape index (κ1) is 10.1. The molecule has 0 aliphatic heterocycles. The molecule has 0 radical (unpaired) electrons. The number of nitrogens with zero attached hydrogens (tertiary/aromatic N) is 2. The highest BCUT2D eigenvalue weighted by atomic mass is 32.1. The van der Waals surface area contributed by atoms with Crippen LogP contribution in [-0.2, 0) is 6.54 Å². The number of aromatic nitrogens is 1. The van der Waals surface area contributed by atoms with Crippen molar-refractivity contribution in [1.29, 1.82) is 0 Å². The minimum Gasteiger partial charge on any atom is -0.287 e. The smallest absolute Gasteiger partial charge is 0.0801 e. The molecule has 0 aliphatic carbocycles. The predicted octanol–water partition coefficient (Wildman–Crippen LogP) is 3.07. The molecule has 1 aromatic heterocycles. The van der Waals surface area contributed by atoms with Crippen LogP contribution in [0.2, 0.25) is 0 Å². The van der Waals surface area contributed by atoms with E-state index in [0.29, 0.717) is 0 Å². The van der Waals surface area contributed by atoms with E-state index in [4.69, 9.17) is 0 Å². The first-order valence-corrected chi connectivity index (χ1v) is 5.68. The molecule has 0 N–H and O–H groups in total. The molecule has 76 valence electrons. The predicted molar refractivity (Wildman–Crippen MR) is 64.6 cm³/mol. The van der Waals surface area contributed by atoms with Crippen LogP contribution in [0, 0.1) is 6.92 Å². The van der Waals surface area contributed by atoms with E-state index in [1.165, 1.54) is 5.56 Å². The van der Waals surface area contributed by atoms with Crippen LogP contribution in [-0.4, -0.2) is 11.2 Å². The maximum absolute atomic E-state index is 4.39. The lowest BCUT2D eigenvalue weighted by Gasteiger charge is -1.93. The molecule has 0 unspecified atom stereocenters. The number of aryl methyl sites for hydroxylation is 1. The lowest BCUT2D eigenvalue weighted by Crippen LogP contribution is -1.83. The standard InChI is InChI=1S/C12H12N2S/c1-10-12(15-9-14-10)8-13-7-11-5-3-2-4-6-11/h2-6,8-9H,7H2,1H3. The van der Waals surface area contributed by atoms with E-state index in [2.05, 4.69) is 22.1 Å². The van der Waals surface area contributed by atoms with E-state index in [1.54, 1.807) is 11.3 Å². The van der Waals surface area contributed by atoms with Crippen molar-refractivity contribution in [2.24, 2.45) is 4.99 Å².